The molecule has 0 amide bonds. The zero-order valence-electron chi connectivity index (χ0n) is 11.5. The lowest BCUT2D eigenvalue weighted by molar-refractivity contribution is 0.0663. The Balaban J connectivity index is 2.14. The van der Waals surface area contributed by atoms with Gasteiger partial charge in [0, 0.05) is 36.1 Å². The number of rotatable bonds is 3. The van der Waals surface area contributed by atoms with Crippen LogP contribution in [0.1, 0.15) is 33.6 Å². The summed E-state index contributed by atoms with van der Waals surface area (Å²) in [6.45, 7) is 8.44. The molecule has 0 aromatic heterocycles. The van der Waals surface area contributed by atoms with Crippen molar-refractivity contribution in [1.29, 1.82) is 0 Å². The molecule has 2 heterocycles. The molecule has 0 aliphatic carbocycles. The molecular weight excluding hydrogens is 248 g/mol. The van der Waals surface area contributed by atoms with Crippen molar-refractivity contribution in [3.05, 3.63) is 11.5 Å². The van der Waals surface area contributed by atoms with E-state index < -0.39 is 9.84 Å². The standard InChI is InChI=1S/C13H24N2O2S/c1-4-13(5-2)10-15(11(3)8-14-13)12-6-7-18(16,17)9-12/h6-7,11-12,14H,4-5,8-10H2,1-3H3. The molecule has 2 aliphatic rings. The van der Waals surface area contributed by atoms with Gasteiger partial charge in [0.05, 0.1) is 5.75 Å². The molecule has 1 N–H and O–H groups in total. The van der Waals surface area contributed by atoms with Crippen molar-refractivity contribution >= 4 is 9.84 Å². The Morgan fingerprint density at radius 3 is 2.56 bits per heavy atom. The molecular formula is C13H24N2O2S. The largest absolute Gasteiger partial charge is 0.308 e. The van der Waals surface area contributed by atoms with E-state index in [4.69, 9.17) is 0 Å². The first-order valence-electron chi connectivity index (χ1n) is 6.83. The number of sulfone groups is 1. The van der Waals surface area contributed by atoms with Crippen LogP contribution in [-0.4, -0.2) is 49.8 Å². The predicted octanol–water partition coefficient (Wildman–Crippen LogP) is 1.15. The van der Waals surface area contributed by atoms with Crippen LogP contribution in [0, 0.1) is 0 Å². The monoisotopic (exact) mass is 272 g/mol. The van der Waals surface area contributed by atoms with Crippen molar-refractivity contribution in [2.75, 3.05) is 18.8 Å². The Morgan fingerprint density at radius 1 is 1.39 bits per heavy atom. The van der Waals surface area contributed by atoms with E-state index >= 15 is 0 Å². The fourth-order valence-electron chi connectivity index (χ4n) is 2.98. The quantitative estimate of drug-likeness (QED) is 0.837. The van der Waals surface area contributed by atoms with Crippen LogP contribution in [0.3, 0.4) is 0 Å². The summed E-state index contributed by atoms with van der Waals surface area (Å²) in [5.41, 5.74) is 0.146. The topological polar surface area (TPSA) is 49.4 Å². The van der Waals surface area contributed by atoms with Gasteiger partial charge in [0.1, 0.15) is 0 Å². The van der Waals surface area contributed by atoms with E-state index in [0.29, 0.717) is 6.04 Å². The summed E-state index contributed by atoms with van der Waals surface area (Å²) in [5, 5.41) is 5.02. The van der Waals surface area contributed by atoms with E-state index in [2.05, 4.69) is 31.0 Å². The summed E-state index contributed by atoms with van der Waals surface area (Å²) < 4.78 is 23.1. The molecule has 2 unspecified atom stereocenters. The van der Waals surface area contributed by atoms with E-state index in [9.17, 15) is 8.42 Å². The number of hydrogen-bond acceptors (Lipinski definition) is 4. The highest BCUT2D eigenvalue weighted by atomic mass is 32.2. The fourth-order valence-corrected chi connectivity index (χ4v) is 4.29. The summed E-state index contributed by atoms with van der Waals surface area (Å²) in [5.74, 6) is 0.251. The molecule has 0 bridgehead atoms. The Kier molecular flexibility index (Phi) is 3.85. The molecule has 0 radical (unpaired) electrons. The number of nitrogens with zero attached hydrogens (tertiary/aromatic N) is 1. The maximum Gasteiger partial charge on any atom is 0.173 e. The molecule has 1 fully saturated rings. The Labute approximate surface area is 110 Å². The smallest absolute Gasteiger partial charge is 0.173 e. The number of hydrogen-bond donors (Lipinski definition) is 1. The first kappa shape index (κ1) is 14.0. The summed E-state index contributed by atoms with van der Waals surface area (Å²) in [6, 6.07) is 0.448. The highest BCUT2D eigenvalue weighted by molar-refractivity contribution is 7.94. The molecule has 0 aromatic rings. The first-order valence-corrected chi connectivity index (χ1v) is 8.54. The SMILES string of the molecule is CCC1(CC)CN(C2C=CS(=O)(=O)C2)C(C)CN1. The van der Waals surface area contributed by atoms with Gasteiger partial charge < -0.3 is 5.32 Å². The maximum absolute atomic E-state index is 11.6. The van der Waals surface area contributed by atoms with Crippen LogP contribution in [0.25, 0.3) is 0 Å². The van der Waals surface area contributed by atoms with E-state index in [-0.39, 0.29) is 17.3 Å². The number of nitrogens with one attached hydrogen (secondary N) is 1. The average Bonchev–Trinajstić information content (AvgIpc) is 2.71. The van der Waals surface area contributed by atoms with Gasteiger partial charge in [-0.15, -0.1) is 0 Å². The third-order valence-corrected chi connectivity index (χ3v) is 5.89. The fraction of sp³-hybridized carbons (Fsp3) is 0.846. The van der Waals surface area contributed by atoms with Crippen molar-refractivity contribution in [2.45, 2.75) is 51.2 Å². The van der Waals surface area contributed by atoms with E-state index in [1.165, 1.54) is 5.41 Å². The lowest BCUT2D eigenvalue weighted by atomic mass is 9.88. The number of piperazine rings is 1. The van der Waals surface area contributed by atoms with E-state index in [1.807, 2.05) is 6.08 Å². The summed E-state index contributed by atoms with van der Waals surface area (Å²) in [4.78, 5) is 2.35. The van der Waals surface area contributed by atoms with E-state index in [0.717, 1.165) is 25.9 Å². The van der Waals surface area contributed by atoms with Gasteiger partial charge >= 0.3 is 0 Å². The van der Waals surface area contributed by atoms with Crippen LogP contribution in [0.4, 0.5) is 0 Å². The van der Waals surface area contributed by atoms with Crippen LogP contribution < -0.4 is 5.32 Å². The molecule has 2 atom stereocenters. The average molecular weight is 272 g/mol. The molecule has 0 spiro atoms. The molecule has 5 heteroatoms. The van der Waals surface area contributed by atoms with Gasteiger partial charge in [0.25, 0.3) is 0 Å². The van der Waals surface area contributed by atoms with Gasteiger partial charge in [-0.25, -0.2) is 8.42 Å². The van der Waals surface area contributed by atoms with Gasteiger partial charge in [-0.3, -0.25) is 4.90 Å². The molecule has 1 saturated heterocycles. The van der Waals surface area contributed by atoms with Gasteiger partial charge in [0.15, 0.2) is 9.84 Å². The molecule has 2 aliphatic heterocycles. The van der Waals surface area contributed by atoms with Crippen LogP contribution in [0.5, 0.6) is 0 Å². The highest BCUT2D eigenvalue weighted by Gasteiger charge is 2.39. The second-order valence-electron chi connectivity index (χ2n) is 5.62. The third-order valence-electron chi connectivity index (χ3n) is 4.51. The summed E-state index contributed by atoms with van der Waals surface area (Å²) >= 11 is 0. The Morgan fingerprint density at radius 2 is 2.06 bits per heavy atom. The molecule has 104 valence electrons. The van der Waals surface area contributed by atoms with E-state index in [1.54, 1.807) is 0 Å². The normalized spacial score (nSPS) is 34.8. The van der Waals surface area contributed by atoms with Crippen LogP contribution >= 0.6 is 0 Å². The molecule has 2 rings (SSSR count). The van der Waals surface area contributed by atoms with Crippen molar-refractivity contribution in [1.82, 2.24) is 10.2 Å². The lowest BCUT2D eigenvalue weighted by Crippen LogP contribution is -2.65. The van der Waals surface area contributed by atoms with Gasteiger partial charge in [-0.2, -0.15) is 0 Å². The first-order chi connectivity index (χ1) is 8.41. The molecule has 0 aromatic carbocycles. The second-order valence-corrected chi connectivity index (χ2v) is 7.55. The maximum atomic E-state index is 11.6. The van der Waals surface area contributed by atoms with Crippen molar-refractivity contribution < 1.29 is 8.42 Å². The Hall–Kier alpha value is -0.390. The predicted molar refractivity (Wildman–Crippen MR) is 74.2 cm³/mol. The molecule has 18 heavy (non-hydrogen) atoms. The zero-order valence-corrected chi connectivity index (χ0v) is 12.3. The van der Waals surface area contributed by atoms with Crippen LogP contribution in [-0.2, 0) is 9.84 Å². The summed E-state index contributed by atoms with van der Waals surface area (Å²) in [7, 11) is -2.96. The third kappa shape index (κ3) is 2.63. The zero-order chi connectivity index (χ0) is 13.4. The van der Waals surface area contributed by atoms with Crippen molar-refractivity contribution in [3.8, 4) is 0 Å². The van der Waals surface area contributed by atoms with Crippen LogP contribution in [0.15, 0.2) is 11.5 Å². The second kappa shape index (κ2) is 4.94. The minimum absolute atomic E-state index is 0.0598. The van der Waals surface area contributed by atoms with Crippen molar-refractivity contribution in [3.63, 3.8) is 0 Å². The minimum Gasteiger partial charge on any atom is -0.308 e. The lowest BCUT2D eigenvalue weighted by Gasteiger charge is -2.48. The highest BCUT2D eigenvalue weighted by Crippen LogP contribution is 2.26. The Bertz CT molecular complexity index is 426. The molecule has 0 saturated carbocycles. The summed E-state index contributed by atoms with van der Waals surface area (Å²) in [6.07, 6.45) is 4.01. The molecule has 4 nitrogen and oxygen atoms in total. The van der Waals surface area contributed by atoms with Gasteiger partial charge in [0.2, 0.25) is 0 Å². The van der Waals surface area contributed by atoms with Crippen LogP contribution in [0.2, 0.25) is 0 Å². The minimum atomic E-state index is -2.96. The van der Waals surface area contributed by atoms with Crippen molar-refractivity contribution in [2.24, 2.45) is 0 Å². The van der Waals surface area contributed by atoms with Gasteiger partial charge in [-0.05, 0) is 19.8 Å². The van der Waals surface area contributed by atoms with Gasteiger partial charge in [-0.1, -0.05) is 19.9 Å².